The summed E-state index contributed by atoms with van der Waals surface area (Å²) < 4.78 is 17.0. The molecule has 0 spiro atoms. The van der Waals surface area contributed by atoms with Crippen LogP contribution >= 0.6 is 15.9 Å². The molecule has 1 heterocycles. The Morgan fingerprint density at radius 2 is 1.74 bits per heavy atom. The summed E-state index contributed by atoms with van der Waals surface area (Å²) in [5.41, 5.74) is 3.34. The number of esters is 1. The number of methoxy groups -OCH3 is 1. The topological polar surface area (TPSA) is 107 Å². The second-order valence-electron chi connectivity index (χ2n) is 8.38. The molecular formula is C29H26BrN3O6. The summed E-state index contributed by atoms with van der Waals surface area (Å²) in [6.07, 6.45) is 1.74. The molecule has 0 fully saturated rings. The maximum absolute atomic E-state index is 13.0. The van der Waals surface area contributed by atoms with Crippen LogP contribution in [0.5, 0.6) is 11.5 Å². The second kappa shape index (κ2) is 12.4. The normalized spacial score (nSPS) is 13.7. The van der Waals surface area contributed by atoms with Crippen LogP contribution < -0.4 is 19.8 Å². The highest BCUT2D eigenvalue weighted by molar-refractivity contribution is 9.10. The minimum absolute atomic E-state index is 0.235. The summed E-state index contributed by atoms with van der Waals surface area (Å²) in [5.74, 6) is -0.274. The highest BCUT2D eigenvalue weighted by atomic mass is 79.9. The van der Waals surface area contributed by atoms with Gasteiger partial charge in [0.25, 0.3) is 11.8 Å². The fraction of sp³-hybridized carbons (Fsp3) is 0.172. The van der Waals surface area contributed by atoms with Gasteiger partial charge in [-0.25, -0.2) is 4.79 Å². The zero-order valence-corrected chi connectivity index (χ0v) is 23.2. The average Bonchev–Trinajstić information content (AvgIpc) is 3.21. The van der Waals surface area contributed by atoms with Gasteiger partial charge in [0.2, 0.25) is 0 Å². The number of ether oxygens (including phenoxy) is 3. The lowest BCUT2D eigenvalue weighted by molar-refractivity contribution is -0.118. The van der Waals surface area contributed by atoms with Gasteiger partial charge in [-0.05, 0) is 86.2 Å². The van der Waals surface area contributed by atoms with E-state index in [4.69, 9.17) is 14.2 Å². The fourth-order valence-electron chi connectivity index (χ4n) is 3.75. The Kier molecular flexibility index (Phi) is 8.77. The molecule has 0 radical (unpaired) electrons. The van der Waals surface area contributed by atoms with Gasteiger partial charge in [-0.1, -0.05) is 22.0 Å². The van der Waals surface area contributed by atoms with Gasteiger partial charge < -0.3 is 19.5 Å². The molecule has 39 heavy (non-hydrogen) atoms. The molecular weight excluding hydrogens is 566 g/mol. The van der Waals surface area contributed by atoms with Crippen molar-refractivity contribution in [2.75, 3.05) is 30.6 Å². The molecule has 1 aliphatic heterocycles. The molecule has 4 rings (SSSR count). The molecule has 200 valence electrons. The first-order valence-electron chi connectivity index (χ1n) is 12.0. The van der Waals surface area contributed by atoms with E-state index >= 15 is 0 Å². The molecule has 0 saturated heterocycles. The average molecular weight is 592 g/mol. The number of nitrogens with one attached hydrogen (secondary N) is 1. The van der Waals surface area contributed by atoms with E-state index in [-0.39, 0.29) is 25.0 Å². The maximum atomic E-state index is 13.0. The van der Waals surface area contributed by atoms with E-state index in [1.54, 1.807) is 62.4 Å². The quantitative estimate of drug-likeness (QED) is 0.262. The smallest absolute Gasteiger partial charge is 0.338 e. The third kappa shape index (κ3) is 6.71. The Bertz CT molecular complexity index is 1450. The van der Waals surface area contributed by atoms with Gasteiger partial charge in [0.15, 0.2) is 18.1 Å². The molecule has 0 aliphatic carbocycles. The first-order chi connectivity index (χ1) is 18.8. The van der Waals surface area contributed by atoms with Crippen LogP contribution in [0.1, 0.15) is 29.8 Å². The molecule has 10 heteroatoms. The molecule has 1 aliphatic rings. The number of halogens is 1. The Labute approximate surface area is 234 Å². The number of amides is 2. The van der Waals surface area contributed by atoms with Crippen molar-refractivity contribution in [3.05, 3.63) is 87.9 Å². The number of rotatable bonds is 9. The van der Waals surface area contributed by atoms with Crippen molar-refractivity contribution in [3.63, 3.8) is 0 Å². The van der Waals surface area contributed by atoms with Crippen LogP contribution in [-0.2, 0) is 14.3 Å². The van der Waals surface area contributed by atoms with Crippen LogP contribution in [0.2, 0.25) is 0 Å². The number of benzene rings is 3. The zero-order valence-electron chi connectivity index (χ0n) is 21.6. The number of carbonyl (C=O) groups excluding carboxylic acids is 3. The minimum atomic E-state index is -0.424. The minimum Gasteiger partial charge on any atom is -0.493 e. The Hall–Kier alpha value is -4.44. The largest absolute Gasteiger partial charge is 0.493 e. The van der Waals surface area contributed by atoms with Crippen molar-refractivity contribution >= 4 is 56.9 Å². The molecule has 9 nitrogen and oxygen atoms in total. The number of anilines is 2. The van der Waals surface area contributed by atoms with Crippen LogP contribution in [0.25, 0.3) is 6.08 Å². The van der Waals surface area contributed by atoms with E-state index in [1.165, 1.54) is 12.1 Å². The highest BCUT2D eigenvalue weighted by Crippen LogP contribution is 2.31. The highest BCUT2D eigenvalue weighted by Gasteiger charge is 2.28. The van der Waals surface area contributed by atoms with E-state index in [9.17, 15) is 14.4 Å². The van der Waals surface area contributed by atoms with Crippen LogP contribution in [-0.4, -0.2) is 43.8 Å². The zero-order chi connectivity index (χ0) is 27.9. The number of hydrogen-bond donors (Lipinski definition) is 1. The lowest BCUT2D eigenvalue weighted by Gasteiger charge is -2.12. The van der Waals surface area contributed by atoms with E-state index in [0.717, 1.165) is 4.47 Å². The fourth-order valence-corrected chi connectivity index (χ4v) is 4.01. The number of nitrogens with zero attached hydrogens (tertiary/aromatic N) is 2. The van der Waals surface area contributed by atoms with Gasteiger partial charge >= 0.3 is 5.97 Å². The monoisotopic (exact) mass is 591 g/mol. The molecule has 3 aromatic rings. The summed E-state index contributed by atoms with van der Waals surface area (Å²) in [7, 11) is 1.49. The predicted molar refractivity (Wildman–Crippen MR) is 152 cm³/mol. The van der Waals surface area contributed by atoms with Gasteiger partial charge in [0.05, 0.1) is 36.3 Å². The summed E-state index contributed by atoms with van der Waals surface area (Å²) in [6, 6.07) is 18.8. The second-order valence-corrected chi connectivity index (χ2v) is 9.30. The summed E-state index contributed by atoms with van der Waals surface area (Å²) >= 11 is 3.39. The first-order valence-corrected chi connectivity index (χ1v) is 12.8. The molecule has 0 unspecified atom stereocenters. The number of hydrazone groups is 1. The van der Waals surface area contributed by atoms with Gasteiger partial charge in [0, 0.05) is 10.2 Å². The number of hydrogen-bond acceptors (Lipinski definition) is 7. The van der Waals surface area contributed by atoms with E-state index < -0.39 is 5.97 Å². The molecule has 0 atom stereocenters. The number of carbonyl (C=O) groups is 3. The van der Waals surface area contributed by atoms with Crippen molar-refractivity contribution in [1.82, 2.24) is 0 Å². The molecule has 0 saturated carbocycles. The molecule has 3 aromatic carbocycles. The third-order valence-electron chi connectivity index (χ3n) is 5.67. The van der Waals surface area contributed by atoms with Crippen LogP contribution in [0, 0.1) is 0 Å². The lowest BCUT2D eigenvalue weighted by atomic mass is 10.1. The lowest BCUT2D eigenvalue weighted by Crippen LogP contribution is -2.21. The van der Waals surface area contributed by atoms with Crippen molar-refractivity contribution in [2.24, 2.45) is 5.10 Å². The van der Waals surface area contributed by atoms with Gasteiger partial charge in [-0.3, -0.25) is 9.59 Å². The van der Waals surface area contributed by atoms with Crippen LogP contribution in [0.3, 0.4) is 0 Å². The van der Waals surface area contributed by atoms with Crippen molar-refractivity contribution < 1.29 is 28.6 Å². The van der Waals surface area contributed by atoms with Gasteiger partial charge in [0.1, 0.15) is 0 Å². The summed E-state index contributed by atoms with van der Waals surface area (Å²) in [4.78, 5) is 37.2. The third-order valence-corrected chi connectivity index (χ3v) is 6.20. The van der Waals surface area contributed by atoms with Crippen LogP contribution in [0.4, 0.5) is 11.4 Å². The summed E-state index contributed by atoms with van der Waals surface area (Å²) in [5, 5.41) is 8.49. The van der Waals surface area contributed by atoms with Gasteiger partial charge in [-0.2, -0.15) is 10.1 Å². The standard InChI is InChI=1S/C29H26BrN3O6/c1-4-38-29(36)20-6-10-22(11-7-20)31-27(34)17-39-25-14-5-19(16-26(25)37-3)15-24-18(2)32-33(28(24)35)23-12-8-21(30)9-13-23/h5-16H,4,17H2,1-3H3,(H,31,34)/b24-15-. The molecule has 0 bridgehead atoms. The van der Waals surface area contributed by atoms with E-state index in [1.807, 2.05) is 24.3 Å². The predicted octanol–water partition coefficient (Wildman–Crippen LogP) is 5.46. The van der Waals surface area contributed by atoms with Crippen LogP contribution in [0.15, 0.2) is 81.9 Å². The van der Waals surface area contributed by atoms with Crippen molar-refractivity contribution in [2.45, 2.75) is 13.8 Å². The maximum Gasteiger partial charge on any atom is 0.338 e. The van der Waals surface area contributed by atoms with Crippen molar-refractivity contribution in [1.29, 1.82) is 0 Å². The Balaban J connectivity index is 1.40. The summed E-state index contributed by atoms with van der Waals surface area (Å²) in [6.45, 7) is 3.54. The van der Waals surface area contributed by atoms with E-state index in [0.29, 0.717) is 45.3 Å². The molecule has 0 aromatic heterocycles. The molecule has 1 N–H and O–H groups in total. The Morgan fingerprint density at radius 3 is 2.41 bits per heavy atom. The van der Waals surface area contributed by atoms with E-state index in [2.05, 4.69) is 26.3 Å². The SMILES string of the molecule is CCOC(=O)c1ccc(NC(=O)COc2ccc(/C=C3\C(=O)N(c4ccc(Br)cc4)N=C3C)cc2OC)cc1. The molecule has 2 amide bonds. The van der Waals surface area contributed by atoms with Gasteiger partial charge in [-0.15, -0.1) is 0 Å². The Morgan fingerprint density at radius 1 is 1.03 bits per heavy atom. The van der Waals surface area contributed by atoms with Crippen molar-refractivity contribution in [3.8, 4) is 11.5 Å². The first kappa shape index (κ1) is 27.6.